The van der Waals surface area contributed by atoms with Crippen LogP contribution in [-0.4, -0.2) is 61.1 Å². The molecule has 2 saturated heterocycles. The molecule has 0 bridgehead atoms. The van der Waals surface area contributed by atoms with Gasteiger partial charge < -0.3 is 9.64 Å². The zero-order valence-corrected chi connectivity index (χ0v) is 16.8. The minimum absolute atomic E-state index is 0.150. The van der Waals surface area contributed by atoms with Crippen LogP contribution in [-0.2, 0) is 11.3 Å². The second kappa shape index (κ2) is 8.33. The lowest BCUT2D eigenvalue weighted by Gasteiger charge is -2.42. The van der Waals surface area contributed by atoms with Gasteiger partial charge in [0.05, 0.1) is 13.7 Å². The van der Waals surface area contributed by atoms with Gasteiger partial charge in [-0.2, -0.15) is 0 Å². The summed E-state index contributed by atoms with van der Waals surface area (Å²) in [4.78, 5) is 19.8. The Hall–Kier alpha value is -2.37. The van der Waals surface area contributed by atoms with E-state index >= 15 is 0 Å². The largest absolute Gasteiger partial charge is 0.497 e. The number of anilines is 1. The van der Waals surface area contributed by atoms with Crippen LogP contribution in [0.2, 0.25) is 0 Å². The Bertz CT molecular complexity index is 811. The van der Waals surface area contributed by atoms with Crippen LogP contribution in [0.15, 0.2) is 54.6 Å². The summed E-state index contributed by atoms with van der Waals surface area (Å²) in [6.07, 6.45) is 1.13. The number of amides is 1. The highest BCUT2D eigenvalue weighted by atomic mass is 16.5. The zero-order valence-electron chi connectivity index (χ0n) is 16.8. The number of methoxy groups -OCH3 is 1. The van der Waals surface area contributed by atoms with Gasteiger partial charge in [0.2, 0.25) is 5.91 Å². The van der Waals surface area contributed by atoms with Gasteiger partial charge in [0, 0.05) is 50.0 Å². The van der Waals surface area contributed by atoms with Crippen LogP contribution in [0.5, 0.6) is 5.75 Å². The molecule has 5 heteroatoms. The Kier molecular flexibility index (Phi) is 5.64. The van der Waals surface area contributed by atoms with Crippen molar-refractivity contribution in [2.24, 2.45) is 0 Å². The fourth-order valence-electron chi connectivity index (χ4n) is 4.51. The number of ether oxygens (including phenoxy) is 1. The highest BCUT2D eigenvalue weighted by Gasteiger charge is 2.36. The Labute approximate surface area is 167 Å². The molecular weight excluding hydrogens is 350 g/mol. The second-order valence-corrected chi connectivity index (χ2v) is 7.91. The summed E-state index contributed by atoms with van der Waals surface area (Å²) in [5.41, 5.74) is 2.28. The molecule has 0 aromatic heterocycles. The van der Waals surface area contributed by atoms with Gasteiger partial charge >= 0.3 is 0 Å². The van der Waals surface area contributed by atoms with E-state index < -0.39 is 0 Å². The van der Waals surface area contributed by atoms with Crippen LogP contribution < -0.4 is 9.64 Å². The number of piperazine rings is 1. The first-order valence-electron chi connectivity index (χ1n) is 10.1. The van der Waals surface area contributed by atoms with Crippen LogP contribution in [0.3, 0.4) is 0 Å². The molecule has 0 saturated carbocycles. The van der Waals surface area contributed by atoms with E-state index in [-0.39, 0.29) is 11.9 Å². The molecule has 0 radical (unpaired) electrons. The molecular formula is C23H29N3O2. The highest BCUT2D eigenvalue weighted by Crippen LogP contribution is 2.27. The second-order valence-electron chi connectivity index (χ2n) is 7.91. The molecule has 2 fully saturated rings. The van der Waals surface area contributed by atoms with E-state index in [2.05, 4.69) is 47.1 Å². The van der Waals surface area contributed by atoms with E-state index in [9.17, 15) is 4.79 Å². The molecule has 2 atom stereocenters. The zero-order chi connectivity index (χ0) is 19.5. The molecule has 0 spiro atoms. The summed E-state index contributed by atoms with van der Waals surface area (Å²) in [5.74, 6) is 0.959. The maximum absolute atomic E-state index is 13.0. The fraction of sp³-hybridized carbons (Fsp3) is 0.435. The number of carbonyl (C=O) groups excluding carboxylic acids is 1. The van der Waals surface area contributed by atoms with E-state index in [1.807, 2.05) is 29.2 Å². The van der Waals surface area contributed by atoms with Crippen molar-refractivity contribution in [2.75, 3.05) is 38.2 Å². The highest BCUT2D eigenvalue weighted by molar-refractivity contribution is 5.96. The maximum Gasteiger partial charge on any atom is 0.241 e. The monoisotopic (exact) mass is 379 g/mol. The number of carbonyl (C=O) groups is 1. The molecule has 2 heterocycles. The summed E-state index contributed by atoms with van der Waals surface area (Å²) in [6, 6.07) is 19.0. The fourth-order valence-corrected chi connectivity index (χ4v) is 4.51. The van der Waals surface area contributed by atoms with Crippen LogP contribution in [0, 0.1) is 0 Å². The normalized spacial score (nSPS) is 23.9. The summed E-state index contributed by atoms with van der Waals surface area (Å²) >= 11 is 0. The standard InChI is InChI=1S/C23H29N3O2/c1-18-14-25(17-23(27)26(18)20-9-6-10-22(13-20)28-2)21-11-12-24(16-21)15-19-7-4-3-5-8-19/h3-10,13,18,21H,11-12,14-17H2,1-2H3/t18-,21+/m0/s1. The topological polar surface area (TPSA) is 36.0 Å². The minimum Gasteiger partial charge on any atom is -0.497 e. The van der Waals surface area contributed by atoms with Gasteiger partial charge in [-0.25, -0.2) is 0 Å². The maximum atomic E-state index is 13.0. The van der Waals surface area contributed by atoms with E-state index in [1.165, 1.54) is 5.56 Å². The molecule has 2 aromatic carbocycles. The average Bonchev–Trinajstić information content (AvgIpc) is 3.17. The van der Waals surface area contributed by atoms with Gasteiger partial charge in [-0.1, -0.05) is 36.4 Å². The third-order valence-electron chi connectivity index (χ3n) is 5.89. The van der Waals surface area contributed by atoms with Crippen molar-refractivity contribution in [1.29, 1.82) is 0 Å². The molecule has 5 nitrogen and oxygen atoms in total. The Morgan fingerprint density at radius 2 is 1.89 bits per heavy atom. The van der Waals surface area contributed by atoms with Gasteiger partial charge in [-0.3, -0.25) is 14.6 Å². The molecule has 2 aliphatic heterocycles. The average molecular weight is 380 g/mol. The molecule has 0 aliphatic carbocycles. The van der Waals surface area contributed by atoms with Crippen molar-refractivity contribution in [3.63, 3.8) is 0 Å². The van der Waals surface area contributed by atoms with Crippen molar-refractivity contribution in [1.82, 2.24) is 9.80 Å². The van der Waals surface area contributed by atoms with Gasteiger partial charge in [0.1, 0.15) is 5.75 Å². The van der Waals surface area contributed by atoms with E-state index in [0.29, 0.717) is 12.6 Å². The Morgan fingerprint density at radius 3 is 2.64 bits per heavy atom. The first-order valence-corrected chi connectivity index (χ1v) is 10.1. The van der Waals surface area contributed by atoms with Crippen molar-refractivity contribution in [3.8, 4) is 5.75 Å². The lowest BCUT2D eigenvalue weighted by molar-refractivity contribution is -0.122. The van der Waals surface area contributed by atoms with Crippen molar-refractivity contribution in [2.45, 2.75) is 32.0 Å². The molecule has 1 amide bonds. The van der Waals surface area contributed by atoms with Crippen LogP contribution in [0.25, 0.3) is 0 Å². The third kappa shape index (κ3) is 4.05. The first kappa shape index (κ1) is 19.0. The van der Waals surface area contributed by atoms with E-state index in [0.717, 1.165) is 44.0 Å². The molecule has 0 unspecified atom stereocenters. The van der Waals surface area contributed by atoms with Gasteiger partial charge in [0.25, 0.3) is 0 Å². The number of benzene rings is 2. The number of likely N-dealkylation sites (tertiary alicyclic amines) is 1. The Morgan fingerprint density at radius 1 is 1.07 bits per heavy atom. The smallest absolute Gasteiger partial charge is 0.241 e. The number of hydrogen-bond acceptors (Lipinski definition) is 4. The first-order chi connectivity index (χ1) is 13.6. The lowest BCUT2D eigenvalue weighted by Crippen LogP contribution is -2.58. The van der Waals surface area contributed by atoms with Gasteiger partial charge in [0.15, 0.2) is 0 Å². The van der Waals surface area contributed by atoms with E-state index in [1.54, 1.807) is 7.11 Å². The van der Waals surface area contributed by atoms with Crippen molar-refractivity contribution in [3.05, 3.63) is 60.2 Å². The SMILES string of the molecule is COc1cccc(N2C(=O)CN([C@@H]3CCN(Cc4ccccc4)C3)C[C@@H]2C)c1. The third-order valence-corrected chi connectivity index (χ3v) is 5.89. The molecule has 28 heavy (non-hydrogen) atoms. The Balaban J connectivity index is 1.38. The predicted octanol–water partition coefficient (Wildman–Crippen LogP) is 3.01. The number of rotatable bonds is 5. The molecule has 2 aromatic rings. The van der Waals surface area contributed by atoms with Crippen molar-refractivity contribution < 1.29 is 9.53 Å². The number of hydrogen-bond donors (Lipinski definition) is 0. The number of nitrogens with zero attached hydrogens (tertiary/aromatic N) is 3. The van der Waals surface area contributed by atoms with Gasteiger partial charge in [-0.05, 0) is 31.0 Å². The quantitative estimate of drug-likeness (QED) is 0.800. The van der Waals surface area contributed by atoms with Crippen LogP contribution in [0.1, 0.15) is 18.9 Å². The molecule has 2 aliphatic rings. The summed E-state index contributed by atoms with van der Waals surface area (Å²) in [7, 11) is 1.66. The molecule has 0 N–H and O–H groups in total. The summed E-state index contributed by atoms with van der Waals surface area (Å²) in [6.45, 7) is 6.66. The summed E-state index contributed by atoms with van der Waals surface area (Å²) in [5, 5.41) is 0. The summed E-state index contributed by atoms with van der Waals surface area (Å²) < 4.78 is 5.33. The van der Waals surface area contributed by atoms with Gasteiger partial charge in [-0.15, -0.1) is 0 Å². The lowest BCUT2D eigenvalue weighted by atomic mass is 10.1. The van der Waals surface area contributed by atoms with E-state index in [4.69, 9.17) is 4.74 Å². The molecule has 148 valence electrons. The van der Waals surface area contributed by atoms with Crippen LogP contribution in [0.4, 0.5) is 5.69 Å². The van der Waals surface area contributed by atoms with Crippen molar-refractivity contribution >= 4 is 11.6 Å². The minimum atomic E-state index is 0.150. The molecule has 4 rings (SSSR count). The predicted molar refractivity (Wildman–Crippen MR) is 112 cm³/mol. The van der Waals surface area contributed by atoms with Crippen LogP contribution >= 0.6 is 0 Å².